The van der Waals surface area contributed by atoms with E-state index in [-0.39, 0.29) is 24.0 Å². The van der Waals surface area contributed by atoms with Crippen molar-refractivity contribution in [1.29, 1.82) is 0 Å². The third kappa shape index (κ3) is 9.61. The van der Waals surface area contributed by atoms with Crippen LogP contribution in [0.3, 0.4) is 0 Å². The summed E-state index contributed by atoms with van der Waals surface area (Å²) in [5.41, 5.74) is 6.11. The highest BCUT2D eigenvalue weighted by Crippen LogP contribution is 2.40. The number of rotatable bonds is 12. The lowest BCUT2D eigenvalue weighted by Gasteiger charge is -2.40. The first kappa shape index (κ1) is 38.5. The van der Waals surface area contributed by atoms with Crippen LogP contribution in [0, 0.1) is 5.41 Å². The molecule has 1 aromatic rings. The fourth-order valence-corrected chi connectivity index (χ4v) is 7.89. The molecule has 1 aliphatic carbocycles. The van der Waals surface area contributed by atoms with E-state index >= 15 is 0 Å². The van der Waals surface area contributed by atoms with Crippen molar-refractivity contribution in [2.45, 2.75) is 96.2 Å². The molecule has 0 bridgehead atoms. The molecule has 12 heteroatoms. The summed E-state index contributed by atoms with van der Waals surface area (Å²) in [6.45, 7) is 12.5. The Balaban J connectivity index is 1.25. The van der Waals surface area contributed by atoms with Gasteiger partial charge in [0, 0.05) is 44.0 Å². The Morgan fingerprint density at radius 1 is 1.08 bits per heavy atom. The van der Waals surface area contributed by atoms with Gasteiger partial charge in [-0.25, -0.2) is 4.79 Å². The third-order valence-electron chi connectivity index (χ3n) is 10.7. The number of likely N-dealkylation sites (tertiary alicyclic amines) is 2. The first-order valence-corrected chi connectivity index (χ1v) is 18.4. The Morgan fingerprint density at radius 3 is 2.43 bits per heavy atom. The Morgan fingerprint density at radius 2 is 1.80 bits per heavy atom. The molecule has 5 N–H and O–H groups in total. The standard InChI is InChI=1S/C39H58N6O6/c1-6-31(43-23-25-51-26-24-43)9-7-21-44-32(19-20-33(44)28-13-17-30(42-49)18-14-28)27-11-15-29(16-12-27)40-36(46)34-10-8-22-45(34)37(47)35(39(2,3)4)41-38(48)50-5/h6-7,9,11-15,17-18,29,32-35,37,42,47,49H,8,10,16,19-26H2,1-5H3,(H,40,46)(H,41,48)/b9-7-,31-6+/t29?,32-,33-,34+,35-,37?/m1/s1. The van der Waals surface area contributed by atoms with Gasteiger partial charge in [-0.05, 0) is 73.8 Å². The van der Waals surface area contributed by atoms with Crippen molar-refractivity contribution in [3.63, 3.8) is 0 Å². The van der Waals surface area contributed by atoms with Gasteiger partial charge < -0.3 is 30.1 Å². The molecule has 5 rings (SSSR count). The Kier molecular flexibility index (Phi) is 13.4. The molecule has 4 aliphatic rings. The molecule has 6 atom stereocenters. The number of benzene rings is 1. The lowest BCUT2D eigenvalue weighted by Crippen LogP contribution is -2.60. The number of amides is 2. The number of methoxy groups -OCH3 is 1. The lowest BCUT2D eigenvalue weighted by molar-refractivity contribution is -0.132. The van der Waals surface area contributed by atoms with Gasteiger partial charge in [-0.2, -0.15) is 0 Å². The third-order valence-corrected chi connectivity index (χ3v) is 10.7. The van der Waals surface area contributed by atoms with E-state index in [1.165, 1.54) is 23.9 Å². The Hall–Kier alpha value is -3.68. The normalized spacial score (nSPS) is 26.2. The van der Waals surface area contributed by atoms with Crippen LogP contribution in [0.5, 0.6) is 0 Å². The van der Waals surface area contributed by atoms with Gasteiger partial charge in [0.05, 0.1) is 44.1 Å². The quantitative estimate of drug-likeness (QED) is 0.154. The zero-order valence-corrected chi connectivity index (χ0v) is 30.9. The summed E-state index contributed by atoms with van der Waals surface area (Å²) in [4.78, 5) is 32.5. The molecule has 0 saturated carbocycles. The first-order chi connectivity index (χ1) is 24.5. The molecule has 3 saturated heterocycles. The van der Waals surface area contributed by atoms with Crippen molar-refractivity contribution in [3.8, 4) is 0 Å². The molecule has 0 radical (unpaired) electrons. The van der Waals surface area contributed by atoms with E-state index < -0.39 is 29.8 Å². The SMILES string of the molecule is C/C=C(\C=C/CN1[C@@H](C2=CCC(NC(=O)[C@@H]3CCCN3C(O)[C@@H](NC(=O)OC)C(C)(C)C)C=C2)CC[C@@H]1c1ccc(NO)cc1)N1CCOCC1. The number of nitrogens with zero attached hydrogens (tertiary/aromatic N) is 3. The number of alkyl carbamates (subject to hydrolysis) is 1. The molecule has 3 heterocycles. The number of hydrogen-bond acceptors (Lipinski definition) is 10. The maximum absolute atomic E-state index is 13.6. The van der Waals surface area contributed by atoms with Crippen molar-refractivity contribution in [1.82, 2.24) is 25.3 Å². The average Bonchev–Trinajstić information content (AvgIpc) is 3.81. The van der Waals surface area contributed by atoms with Crippen LogP contribution < -0.4 is 16.1 Å². The minimum Gasteiger partial charge on any atom is -0.453 e. The number of aliphatic hydroxyl groups excluding tert-OH is 1. The van der Waals surface area contributed by atoms with E-state index in [1.807, 2.05) is 32.9 Å². The molecule has 0 spiro atoms. The fourth-order valence-electron chi connectivity index (χ4n) is 7.89. The monoisotopic (exact) mass is 706 g/mol. The van der Waals surface area contributed by atoms with E-state index in [4.69, 9.17) is 9.47 Å². The predicted molar refractivity (Wildman–Crippen MR) is 198 cm³/mol. The van der Waals surface area contributed by atoms with Crippen LogP contribution in [0.2, 0.25) is 0 Å². The summed E-state index contributed by atoms with van der Waals surface area (Å²) in [6, 6.07) is 7.16. The Labute approximate surface area is 303 Å². The van der Waals surface area contributed by atoms with Gasteiger partial charge in [-0.15, -0.1) is 0 Å². The van der Waals surface area contributed by atoms with Crippen LogP contribution in [0.15, 0.2) is 72.0 Å². The van der Waals surface area contributed by atoms with Crippen LogP contribution in [-0.2, 0) is 14.3 Å². The van der Waals surface area contributed by atoms with Crippen LogP contribution in [-0.4, -0.2) is 114 Å². The topological polar surface area (TPSA) is 139 Å². The Bertz CT molecular complexity index is 1450. The highest BCUT2D eigenvalue weighted by molar-refractivity contribution is 5.82. The predicted octanol–water partition coefficient (Wildman–Crippen LogP) is 4.71. The molecular weight excluding hydrogens is 648 g/mol. The molecule has 12 nitrogen and oxygen atoms in total. The number of nitrogens with one attached hydrogen (secondary N) is 3. The number of aliphatic hydroxyl groups is 1. The number of carbonyl (C=O) groups is 2. The molecule has 280 valence electrons. The second-order valence-electron chi connectivity index (χ2n) is 15.0. The number of carbonyl (C=O) groups excluding carboxylic acids is 2. The highest BCUT2D eigenvalue weighted by atomic mass is 16.5. The molecule has 2 amide bonds. The van der Waals surface area contributed by atoms with Gasteiger partial charge >= 0.3 is 6.09 Å². The summed E-state index contributed by atoms with van der Waals surface area (Å²) < 4.78 is 10.4. The highest BCUT2D eigenvalue weighted by Gasteiger charge is 2.43. The minimum atomic E-state index is -1.04. The maximum Gasteiger partial charge on any atom is 0.407 e. The van der Waals surface area contributed by atoms with E-state index in [0.717, 1.165) is 52.1 Å². The summed E-state index contributed by atoms with van der Waals surface area (Å²) in [7, 11) is 1.30. The van der Waals surface area contributed by atoms with Gasteiger partial charge in [0.1, 0.15) is 6.23 Å². The van der Waals surface area contributed by atoms with Crippen molar-refractivity contribution in [3.05, 3.63) is 77.6 Å². The largest absolute Gasteiger partial charge is 0.453 e. The second kappa shape index (κ2) is 17.7. The van der Waals surface area contributed by atoms with E-state index in [1.54, 1.807) is 4.90 Å². The molecule has 0 aromatic heterocycles. The van der Waals surface area contributed by atoms with Crippen molar-refractivity contribution >= 4 is 17.7 Å². The zero-order chi connectivity index (χ0) is 36.5. The average molecular weight is 707 g/mol. The molecule has 3 fully saturated rings. The smallest absolute Gasteiger partial charge is 0.407 e. The van der Waals surface area contributed by atoms with E-state index in [9.17, 15) is 19.9 Å². The number of anilines is 1. The summed E-state index contributed by atoms with van der Waals surface area (Å²) in [5.74, 6) is -0.114. The van der Waals surface area contributed by atoms with Crippen LogP contribution in [0.25, 0.3) is 0 Å². The molecule has 51 heavy (non-hydrogen) atoms. The summed E-state index contributed by atoms with van der Waals surface area (Å²) in [6.07, 6.45) is 15.6. The van der Waals surface area contributed by atoms with Crippen LogP contribution >= 0.6 is 0 Å². The molecular formula is C39H58N6O6. The van der Waals surface area contributed by atoms with Crippen LogP contribution in [0.4, 0.5) is 10.5 Å². The number of allylic oxidation sites excluding steroid dienone is 2. The molecule has 1 aromatic carbocycles. The number of hydrogen-bond donors (Lipinski definition) is 5. The first-order valence-electron chi connectivity index (χ1n) is 18.4. The molecule has 3 aliphatic heterocycles. The van der Waals surface area contributed by atoms with Crippen molar-refractivity contribution in [2.75, 3.05) is 52.0 Å². The van der Waals surface area contributed by atoms with Gasteiger partial charge in [-0.1, -0.05) is 63.3 Å². The number of ether oxygens (including phenoxy) is 2. The van der Waals surface area contributed by atoms with Crippen molar-refractivity contribution in [2.24, 2.45) is 5.41 Å². The van der Waals surface area contributed by atoms with Gasteiger partial charge in [0.15, 0.2) is 0 Å². The van der Waals surface area contributed by atoms with Gasteiger partial charge in [0.25, 0.3) is 0 Å². The summed E-state index contributed by atoms with van der Waals surface area (Å²) in [5, 5.41) is 26.8. The fraction of sp³-hybridized carbons (Fsp3) is 0.590. The van der Waals surface area contributed by atoms with E-state index in [0.29, 0.717) is 25.1 Å². The van der Waals surface area contributed by atoms with Crippen molar-refractivity contribution < 1.29 is 29.4 Å². The van der Waals surface area contributed by atoms with E-state index in [2.05, 4.69) is 81.4 Å². The van der Waals surface area contributed by atoms with Crippen LogP contribution in [0.1, 0.15) is 71.4 Å². The lowest BCUT2D eigenvalue weighted by atomic mass is 9.85. The van der Waals surface area contributed by atoms with Gasteiger partial charge in [0.2, 0.25) is 5.91 Å². The summed E-state index contributed by atoms with van der Waals surface area (Å²) >= 11 is 0. The molecule has 2 unspecified atom stereocenters. The maximum atomic E-state index is 13.6. The minimum absolute atomic E-state index is 0.114. The second-order valence-corrected chi connectivity index (χ2v) is 15.0. The van der Waals surface area contributed by atoms with Gasteiger partial charge in [-0.3, -0.25) is 25.3 Å². The zero-order valence-electron chi connectivity index (χ0n) is 30.9. The number of morpholine rings is 1.